The number of nitrogens with one attached hydrogen (secondary N) is 1. The van der Waals surface area contributed by atoms with Gasteiger partial charge in [0, 0.05) is 28.2 Å². The van der Waals surface area contributed by atoms with Crippen LogP contribution in [0.2, 0.25) is 20.1 Å². The minimum absolute atomic E-state index is 0.106. The molecule has 0 spiro atoms. The molecule has 0 heterocycles. The summed E-state index contributed by atoms with van der Waals surface area (Å²) in [4.78, 5) is 27.7. The molecule has 0 radical (unpaired) electrons. The predicted octanol–water partition coefficient (Wildman–Crippen LogP) is 5.40. The molecule has 1 N–H and O–H groups in total. The van der Waals surface area contributed by atoms with Gasteiger partial charge in [-0.05, 0) is 50.6 Å². The summed E-state index contributed by atoms with van der Waals surface area (Å²) in [5.74, 6) is -1.03. The van der Waals surface area contributed by atoms with Crippen LogP contribution in [0.25, 0.3) is 0 Å². The number of carbonyl (C=O) groups excluding carboxylic acids is 2. The van der Waals surface area contributed by atoms with Crippen molar-refractivity contribution in [3.8, 4) is 0 Å². The van der Waals surface area contributed by atoms with Crippen LogP contribution in [-0.4, -0.2) is 50.0 Å². The first-order valence-electron chi connectivity index (χ1n) is 10.7. The van der Waals surface area contributed by atoms with Gasteiger partial charge in [-0.15, -0.1) is 0 Å². The summed E-state index contributed by atoms with van der Waals surface area (Å²) in [6.45, 7) is 4.64. The van der Waals surface area contributed by atoms with Gasteiger partial charge in [0.2, 0.25) is 21.8 Å². The molecule has 0 unspecified atom stereocenters. The van der Waals surface area contributed by atoms with E-state index < -0.39 is 34.4 Å². The number of anilines is 1. The molecule has 35 heavy (non-hydrogen) atoms. The molecule has 2 aromatic rings. The standard InChI is InChI=1S/C23H27Cl4N3O4S/c1-5-14(2)28-23(32)15(3)29(12-17-18(24)7-6-8-19(17)25)22(31)13-30(35(4,33)34)16-9-10-20(26)21(27)11-16/h6-11,14-15H,5,12-13H2,1-4H3,(H,28,32)/t14-,15+/m0/s1. The quantitative estimate of drug-likeness (QED) is 0.406. The van der Waals surface area contributed by atoms with E-state index in [-0.39, 0.29) is 28.3 Å². The monoisotopic (exact) mass is 581 g/mol. The fourth-order valence-corrected chi connectivity index (χ4v) is 4.81. The maximum absolute atomic E-state index is 13.5. The molecule has 2 rings (SSSR count). The first kappa shape index (κ1) is 29.5. The third-order valence-electron chi connectivity index (χ3n) is 5.43. The topological polar surface area (TPSA) is 86.8 Å². The van der Waals surface area contributed by atoms with Gasteiger partial charge in [-0.2, -0.15) is 0 Å². The van der Waals surface area contributed by atoms with Crippen LogP contribution in [0, 0.1) is 0 Å². The van der Waals surface area contributed by atoms with Crippen molar-refractivity contribution in [1.29, 1.82) is 0 Å². The van der Waals surface area contributed by atoms with Crippen molar-refractivity contribution in [2.75, 3.05) is 17.1 Å². The summed E-state index contributed by atoms with van der Waals surface area (Å²) in [7, 11) is -3.90. The number of nitrogens with zero attached hydrogens (tertiary/aromatic N) is 2. The lowest BCUT2D eigenvalue weighted by Gasteiger charge is -2.32. The summed E-state index contributed by atoms with van der Waals surface area (Å²) in [6.07, 6.45) is 1.67. The molecular weight excluding hydrogens is 556 g/mol. The van der Waals surface area contributed by atoms with Crippen LogP contribution in [0.3, 0.4) is 0 Å². The van der Waals surface area contributed by atoms with Gasteiger partial charge in [-0.25, -0.2) is 8.42 Å². The van der Waals surface area contributed by atoms with Gasteiger partial charge >= 0.3 is 0 Å². The molecule has 7 nitrogen and oxygen atoms in total. The number of hydrogen-bond acceptors (Lipinski definition) is 4. The summed E-state index contributed by atoms with van der Waals surface area (Å²) in [5, 5.41) is 3.84. The second kappa shape index (κ2) is 12.5. The van der Waals surface area contributed by atoms with E-state index in [9.17, 15) is 18.0 Å². The van der Waals surface area contributed by atoms with Crippen molar-refractivity contribution >= 4 is 73.9 Å². The second-order valence-corrected chi connectivity index (χ2v) is 11.6. The van der Waals surface area contributed by atoms with Gasteiger partial charge in [0.05, 0.1) is 22.0 Å². The van der Waals surface area contributed by atoms with Crippen molar-refractivity contribution in [3.05, 3.63) is 62.1 Å². The van der Waals surface area contributed by atoms with Gasteiger partial charge in [-0.3, -0.25) is 13.9 Å². The highest BCUT2D eigenvalue weighted by atomic mass is 35.5. The number of sulfonamides is 1. The van der Waals surface area contributed by atoms with Gasteiger partial charge in [0.15, 0.2) is 0 Å². The molecule has 2 amide bonds. The van der Waals surface area contributed by atoms with Crippen molar-refractivity contribution < 1.29 is 18.0 Å². The first-order chi connectivity index (χ1) is 16.3. The summed E-state index contributed by atoms with van der Waals surface area (Å²) in [5.41, 5.74) is 0.593. The third kappa shape index (κ3) is 7.89. The Morgan fingerprint density at radius 1 is 0.971 bits per heavy atom. The zero-order valence-corrected chi connectivity index (χ0v) is 23.5. The molecule has 0 aliphatic heterocycles. The summed E-state index contributed by atoms with van der Waals surface area (Å²) >= 11 is 24.7. The molecule has 0 aromatic heterocycles. The number of amides is 2. The van der Waals surface area contributed by atoms with E-state index in [0.717, 1.165) is 10.6 Å². The molecule has 0 fully saturated rings. The molecular formula is C23H27Cl4N3O4S. The van der Waals surface area contributed by atoms with Crippen molar-refractivity contribution in [1.82, 2.24) is 10.2 Å². The van der Waals surface area contributed by atoms with Gasteiger partial charge in [-0.1, -0.05) is 59.4 Å². The highest BCUT2D eigenvalue weighted by molar-refractivity contribution is 7.92. The fourth-order valence-electron chi connectivity index (χ4n) is 3.16. The molecule has 0 saturated carbocycles. The second-order valence-electron chi connectivity index (χ2n) is 8.08. The Kier molecular flexibility index (Phi) is 10.5. The lowest BCUT2D eigenvalue weighted by Crippen LogP contribution is -2.52. The van der Waals surface area contributed by atoms with E-state index in [1.54, 1.807) is 25.1 Å². The van der Waals surface area contributed by atoms with Crippen molar-refractivity contribution in [2.24, 2.45) is 0 Å². The Morgan fingerprint density at radius 2 is 1.57 bits per heavy atom. The van der Waals surface area contributed by atoms with Crippen LogP contribution in [0.4, 0.5) is 5.69 Å². The van der Waals surface area contributed by atoms with E-state index >= 15 is 0 Å². The lowest BCUT2D eigenvalue weighted by molar-refractivity contribution is -0.139. The zero-order valence-electron chi connectivity index (χ0n) is 19.7. The van der Waals surface area contributed by atoms with Crippen LogP contribution >= 0.6 is 46.4 Å². The average molecular weight is 583 g/mol. The lowest BCUT2D eigenvalue weighted by atomic mass is 10.1. The van der Waals surface area contributed by atoms with E-state index in [1.807, 2.05) is 13.8 Å². The smallest absolute Gasteiger partial charge is 0.244 e. The average Bonchev–Trinajstić information content (AvgIpc) is 2.77. The van der Waals surface area contributed by atoms with Crippen LogP contribution in [0.5, 0.6) is 0 Å². The van der Waals surface area contributed by atoms with Gasteiger partial charge in [0.1, 0.15) is 12.6 Å². The van der Waals surface area contributed by atoms with Crippen LogP contribution in [-0.2, 0) is 26.2 Å². The Morgan fingerprint density at radius 3 is 2.09 bits per heavy atom. The zero-order chi connectivity index (χ0) is 26.5. The highest BCUT2D eigenvalue weighted by Crippen LogP contribution is 2.30. The van der Waals surface area contributed by atoms with Crippen LogP contribution < -0.4 is 9.62 Å². The largest absolute Gasteiger partial charge is 0.352 e. The summed E-state index contributed by atoms with van der Waals surface area (Å²) in [6, 6.07) is 8.07. The van der Waals surface area contributed by atoms with Gasteiger partial charge in [0.25, 0.3) is 0 Å². The number of rotatable bonds is 10. The molecule has 0 aliphatic carbocycles. The normalized spacial score (nSPS) is 13.1. The minimum atomic E-state index is -3.90. The van der Waals surface area contributed by atoms with E-state index in [4.69, 9.17) is 46.4 Å². The van der Waals surface area contributed by atoms with Crippen molar-refractivity contribution in [3.63, 3.8) is 0 Å². The first-order valence-corrected chi connectivity index (χ1v) is 14.1. The Hall–Kier alpha value is -1.71. The van der Waals surface area contributed by atoms with E-state index in [2.05, 4.69) is 5.32 Å². The predicted molar refractivity (Wildman–Crippen MR) is 143 cm³/mol. The molecule has 0 saturated heterocycles. The molecule has 0 aliphatic rings. The third-order valence-corrected chi connectivity index (χ3v) is 8.02. The maximum atomic E-state index is 13.5. The SMILES string of the molecule is CC[C@H](C)NC(=O)[C@@H](C)N(Cc1c(Cl)cccc1Cl)C(=O)CN(c1ccc(Cl)c(Cl)c1)S(C)(=O)=O. The Bertz CT molecular complexity index is 1170. The number of carbonyl (C=O) groups is 2. The number of halogens is 4. The minimum Gasteiger partial charge on any atom is -0.352 e. The Balaban J connectivity index is 2.47. The fraction of sp³-hybridized carbons (Fsp3) is 0.391. The highest BCUT2D eigenvalue weighted by Gasteiger charge is 2.31. The van der Waals surface area contributed by atoms with Crippen LogP contribution in [0.15, 0.2) is 36.4 Å². The molecule has 12 heteroatoms. The molecule has 192 valence electrons. The molecule has 2 aromatic carbocycles. The molecule has 0 bridgehead atoms. The van der Waals surface area contributed by atoms with E-state index in [1.165, 1.54) is 23.1 Å². The Labute approximate surface area is 226 Å². The van der Waals surface area contributed by atoms with Crippen molar-refractivity contribution in [2.45, 2.75) is 45.8 Å². The van der Waals surface area contributed by atoms with Crippen LogP contribution in [0.1, 0.15) is 32.8 Å². The number of hydrogen-bond donors (Lipinski definition) is 1. The number of benzene rings is 2. The molecule has 2 atom stereocenters. The maximum Gasteiger partial charge on any atom is 0.244 e. The van der Waals surface area contributed by atoms with Gasteiger partial charge < -0.3 is 10.2 Å². The van der Waals surface area contributed by atoms with E-state index in [0.29, 0.717) is 22.0 Å². The summed E-state index contributed by atoms with van der Waals surface area (Å²) < 4.78 is 26.1.